The van der Waals surface area contributed by atoms with Crippen LogP contribution in [0.5, 0.6) is 0 Å². The second-order valence-electron chi connectivity index (χ2n) is 6.05. The van der Waals surface area contributed by atoms with E-state index >= 15 is 0 Å². The van der Waals surface area contributed by atoms with Crippen molar-refractivity contribution in [1.29, 1.82) is 0 Å². The predicted octanol–water partition coefficient (Wildman–Crippen LogP) is 2.33. The van der Waals surface area contributed by atoms with Crippen molar-refractivity contribution in [3.8, 4) is 0 Å². The van der Waals surface area contributed by atoms with Crippen molar-refractivity contribution < 1.29 is 17.7 Å². The van der Waals surface area contributed by atoms with Gasteiger partial charge in [-0.05, 0) is 62.9 Å². The van der Waals surface area contributed by atoms with Crippen molar-refractivity contribution in [2.75, 3.05) is 0 Å². The number of hydrogen-bond donors (Lipinski definition) is 1. The lowest BCUT2D eigenvalue weighted by Gasteiger charge is -2.56. The van der Waals surface area contributed by atoms with Crippen molar-refractivity contribution >= 4 is 10.1 Å². The number of rotatable bonds is 3. The fourth-order valence-corrected chi connectivity index (χ4v) is 4.73. The molecule has 0 amide bonds. The van der Waals surface area contributed by atoms with Gasteiger partial charge in [-0.15, -0.1) is 0 Å². The molecule has 0 unspecified atom stereocenters. The molecule has 0 heterocycles. The van der Waals surface area contributed by atoms with Gasteiger partial charge in [-0.25, -0.2) is 0 Å². The standard InChI is InChI=1S/C12H18O4S/c1-8(17(13,14)15)16-12-5-9-2-10(6-12)4-11(3-9)7-12/h9-11H,1-7H2,(H,13,14,15). The molecule has 0 spiro atoms. The average Bonchev–Trinajstić information content (AvgIpc) is 2.12. The molecular formula is C12H18O4S. The molecule has 0 saturated heterocycles. The highest BCUT2D eigenvalue weighted by atomic mass is 32.2. The normalized spacial score (nSPS) is 43.7. The summed E-state index contributed by atoms with van der Waals surface area (Å²) in [5.74, 6) is 2.03. The highest BCUT2D eigenvalue weighted by Gasteiger charge is 2.53. The lowest BCUT2D eigenvalue weighted by atomic mass is 9.54. The molecule has 96 valence electrons. The first-order chi connectivity index (χ1) is 7.86. The lowest BCUT2D eigenvalue weighted by Crippen LogP contribution is -2.52. The van der Waals surface area contributed by atoms with E-state index < -0.39 is 15.2 Å². The third-order valence-electron chi connectivity index (χ3n) is 4.60. The quantitative estimate of drug-likeness (QED) is 0.623. The molecule has 4 saturated carbocycles. The van der Waals surface area contributed by atoms with Gasteiger partial charge in [0.05, 0.1) is 0 Å². The maximum Gasteiger partial charge on any atom is 0.327 e. The Morgan fingerprint density at radius 1 is 1.12 bits per heavy atom. The van der Waals surface area contributed by atoms with Crippen LogP contribution in [0.4, 0.5) is 0 Å². The summed E-state index contributed by atoms with van der Waals surface area (Å²) in [6, 6.07) is 0. The summed E-state index contributed by atoms with van der Waals surface area (Å²) >= 11 is 0. The highest BCUT2D eigenvalue weighted by Crippen LogP contribution is 2.57. The molecule has 4 nitrogen and oxygen atoms in total. The van der Waals surface area contributed by atoms with Crippen LogP contribution in [0.1, 0.15) is 38.5 Å². The van der Waals surface area contributed by atoms with E-state index in [1.165, 1.54) is 19.3 Å². The van der Waals surface area contributed by atoms with Crippen LogP contribution in [0.2, 0.25) is 0 Å². The molecule has 0 atom stereocenters. The first-order valence-corrected chi connectivity index (χ1v) is 7.66. The van der Waals surface area contributed by atoms with Crippen LogP contribution < -0.4 is 0 Å². The Kier molecular flexibility index (Phi) is 2.36. The van der Waals surface area contributed by atoms with E-state index in [2.05, 4.69) is 6.58 Å². The van der Waals surface area contributed by atoms with Crippen molar-refractivity contribution in [3.05, 3.63) is 11.7 Å². The Hall–Kier alpha value is -0.550. The van der Waals surface area contributed by atoms with Crippen molar-refractivity contribution in [2.45, 2.75) is 44.1 Å². The van der Waals surface area contributed by atoms with Gasteiger partial charge in [-0.3, -0.25) is 4.55 Å². The summed E-state index contributed by atoms with van der Waals surface area (Å²) < 4.78 is 36.5. The van der Waals surface area contributed by atoms with Gasteiger partial charge in [0.2, 0.25) is 5.09 Å². The highest BCUT2D eigenvalue weighted by molar-refractivity contribution is 7.89. The van der Waals surface area contributed by atoms with Crippen molar-refractivity contribution in [1.82, 2.24) is 0 Å². The van der Waals surface area contributed by atoms with Gasteiger partial charge in [-0.1, -0.05) is 0 Å². The summed E-state index contributed by atoms with van der Waals surface area (Å²) in [4.78, 5) is 0. The zero-order chi connectivity index (χ0) is 12.3. The summed E-state index contributed by atoms with van der Waals surface area (Å²) in [5.41, 5.74) is -0.359. The first kappa shape index (κ1) is 11.5. The van der Waals surface area contributed by atoms with E-state index in [9.17, 15) is 8.42 Å². The van der Waals surface area contributed by atoms with Gasteiger partial charge in [0.25, 0.3) is 0 Å². The Balaban J connectivity index is 1.81. The Bertz CT molecular complexity index is 416. The third kappa shape index (κ3) is 1.99. The van der Waals surface area contributed by atoms with Crippen LogP contribution in [0.25, 0.3) is 0 Å². The summed E-state index contributed by atoms with van der Waals surface area (Å²) in [6.07, 6.45) is 6.57. The predicted molar refractivity (Wildman–Crippen MR) is 62.7 cm³/mol. The molecular weight excluding hydrogens is 240 g/mol. The lowest BCUT2D eigenvalue weighted by molar-refractivity contribution is -0.133. The Labute approximate surface area is 102 Å². The minimum atomic E-state index is -4.26. The zero-order valence-corrected chi connectivity index (χ0v) is 10.6. The maximum atomic E-state index is 11.0. The molecule has 0 aromatic carbocycles. The van der Waals surface area contributed by atoms with Crippen LogP contribution in [0.15, 0.2) is 11.7 Å². The topological polar surface area (TPSA) is 63.6 Å². The van der Waals surface area contributed by atoms with Gasteiger partial charge in [-0.2, -0.15) is 8.42 Å². The maximum absolute atomic E-state index is 11.0. The zero-order valence-electron chi connectivity index (χ0n) is 9.76. The summed E-state index contributed by atoms with van der Waals surface area (Å²) in [6.45, 7) is 3.34. The second kappa shape index (κ2) is 3.48. The molecule has 5 heteroatoms. The van der Waals surface area contributed by atoms with Crippen molar-refractivity contribution in [2.24, 2.45) is 17.8 Å². The number of hydrogen-bond acceptors (Lipinski definition) is 3. The Morgan fingerprint density at radius 2 is 1.53 bits per heavy atom. The molecule has 17 heavy (non-hydrogen) atoms. The molecule has 0 radical (unpaired) electrons. The van der Waals surface area contributed by atoms with E-state index in [4.69, 9.17) is 9.29 Å². The van der Waals surface area contributed by atoms with Crippen LogP contribution in [0, 0.1) is 17.8 Å². The van der Waals surface area contributed by atoms with E-state index in [1.807, 2.05) is 0 Å². The van der Waals surface area contributed by atoms with Crippen LogP contribution in [-0.2, 0) is 14.9 Å². The van der Waals surface area contributed by atoms with E-state index in [0.717, 1.165) is 19.3 Å². The summed E-state index contributed by atoms with van der Waals surface area (Å²) in [5, 5.41) is -0.473. The van der Waals surface area contributed by atoms with E-state index in [-0.39, 0.29) is 5.60 Å². The fraction of sp³-hybridized carbons (Fsp3) is 0.833. The monoisotopic (exact) mass is 258 g/mol. The largest absolute Gasteiger partial charge is 0.475 e. The second-order valence-corrected chi connectivity index (χ2v) is 7.46. The molecule has 4 aliphatic rings. The van der Waals surface area contributed by atoms with Gasteiger partial charge < -0.3 is 4.74 Å². The number of ether oxygens (including phenoxy) is 1. The molecule has 0 aromatic rings. The molecule has 4 aliphatic carbocycles. The van der Waals surface area contributed by atoms with Gasteiger partial charge >= 0.3 is 10.1 Å². The molecule has 4 fully saturated rings. The van der Waals surface area contributed by atoms with Gasteiger partial charge in [0.15, 0.2) is 0 Å². The smallest absolute Gasteiger partial charge is 0.327 e. The van der Waals surface area contributed by atoms with Crippen molar-refractivity contribution in [3.63, 3.8) is 0 Å². The SMILES string of the molecule is C=C(OC12CC3CC(CC(C3)C1)C2)S(=O)(=O)O. The summed E-state index contributed by atoms with van der Waals surface area (Å²) in [7, 11) is -4.26. The molecule has 0 aliphatic heterocycles. The fourth-order valence-electron chi connectivity index (χ4n) is 4.45. The van der Waals surface area contributed by atoms with E-state index in [1.54, 1.807) is 0 Å². The minimum Gasteiger partial charge on any atom is -0.475 e. The first-order valence-electron chi connectivity index (χ1n) is 6.22. The molecule has 0 aromatic heterocycles. The minimum absolute atomic E-state index is 0.359. The molecule has 4 rings (SSSR count). The third-order valence-corrected chi connectivity index (χ3v) is 5.26. The van der Waals surface area contributed by atoms with Gasteiger partial charge in [0.1, 0.15) is 5.60 Å². The van der Waals surface area contributed by atoms with Crippen LogP contribution in [0.3, 0.4) is 0 Å². The van der Waals surface area contributed by atoms with Crippen LogP contribution >= 0.6 is 0 Å². The van der Waals surface area contributed by atoms with Crippen LogP contribution in [-0.4, -0.2) is 18.6 Å². The van der Waals surface area contributed by atoms with E-state index in [0.29, 0.717) is 17.8 Å². The molecule has 4 bridgehead atoms. The molecule has 1 N–H and O–H groups in total. The van der Waals surface area contributed by atoms with Gasteiger partial charge in [0, 0.05) is 0 Å². The average molecular weight is 258 g/mol. The Morgan fingerprint density at radius 3 is 1.88 bits per heavy atom.